The summed E-state index contributed by atoms with van der Waals surface area (Å²) < 4.78 is 1.31. The van der Waals surface area contributed by atoms with E-state index in [0.29, 0.717) is 0 Å². The number of halogens is 1. The lowest BCUT2D eigenvalue weighted by molar-refractivity contribution is -0.562. The maximum Gasteiger partial charge on any atom is 0.491 e. The average molecular weight is 186 g/mol. The van der Waals surface area contributed by atoms with Crippen molar-refractivity contribution in [3.63, 3.8) is 0 Å². The van der Waals surface area contributed by atoms with Gasteiger partial charge in [0.25, 0.3) is 0 Å². The Labute approximate surface area is 76.2 Å². The zero-order chi connectivity index (χ0) is 9.14. The first-order chi connectivity index (χ1) is 5.61. The molecule has 0 aliphatic carbocycles. The molecule has 0 atom stereocenters. The largest absolute Gasteiger partial charge is 0.491 e. The minimum atomic E-state index is -0.500. The minimum Gasteiger partial charge on any atom is -0.377 e. The second-order valence-corrected chi connectivity index (χ2v) is 2.93. The molecule has 1 heterocycles. The van der Waals surface area contributed by atoms with Crippen LogP contribution in [0.25, 0.3) is 0 Å². The van der Waals surface area contributed by atoms with Crippen LogP contribution in [0, 0.1) is 0 Å². The van der Waals surface area contributed by atoms with Crippen LogP contribution in [0.3, 0.4) is 0 Å². The van der Waals surface area contributed by atoms with Gasteiger partial charge in [-0.3, -0.25) is 0 Å². The van der Waals surface area contributed by atoms with Crippen molar-refractivity contribution in [2.45, 2.75) is 0 Å². The van der Waals surface area contributed by atoms with Crippen molar-refractivity contribution in [2.75, 3.05) is 19.0 Å². The maximum absolute atomic E-state index is 10.6. The van der Waals surface area contributed by atoms with Gasteiger partial charge in [-0.1, -0.05) is 0 Å². The van der Waals surface area contributed by atoms with Gasteiger partial charge in [0.15, 0.2) is 12.4 Å². The molecule has 0 N–H and O–H groups in total. The van der Waals surface area contributed by atoms with Crippen LogP contribution in [-0.4, -0.2) is 19.5 Å². The van der Waals surface area contributed by atoms with E-state index in [-0.39, 0.29) is 0 Å². The summed E-state index contributed by atoms with van der Waals surface area (Å²) in [6, 6.07) is 3.64. The summed E-state index contributed by atoms with van der Waals surface area (Å²) >= 11 is 5.25. The number of hydrogen-bond donors (Lipinski definition) is 0. The molecule has 0 radical (unpaired) electrons. The lowest BCUT2D eigenvalue weighted by atomic mass is 10.4. The van der Waals surface area contributed by atoms with Crippen LogP contribution < -0.4 is 9.47 Å². The van der Waals surface area contributed by atoms with Gasteiger partial charge in [0, 0.05) is 43.5 Å². The number of carbonyl (C=O) groups is 1. The van der Waals surface area contributed by atoms with E-state index in [1.165, 1.54) is 4.57 Å². The van der Waals surface area contributed by atoms with E-state index in [1.54, 1.807) is 12.4 Å². The van der Waals surface area contributed by atoms with Crippen molar-refractivity contribution >= 4 is 22.7 Å². The van der Waals surface area contributed by atoms with Gasteiger partial charge in [0.1, 0.15) is 0 Å². The predicted octanol–water partition coefficient (Wildman–Crippen LogP) is 1.25. The van der Waals surface area contributed by atoms with Crippen LogP contribution in [0.1, 0.15) is 0 Å². The number of carbonyl (C=O) groups excluding carboxylic acids is 1. The molecule has 0 aliphatic rings. The summed E-state index contributed by atoms with van der Waals surface area (Å²) in [7, 11) is 3.87. The monoisotopic (exact) mass is 185 g/mol. The Bertz CT molecular complexity index is 282. The summed E-state index contributed by atoms with van der Waals surface area (Å²) in [5.41, 5.74) is 1.03. The molecule has 3 nitrogen and oxygen atoms in total. The first-order valence-corrected chi connectivity index (χ1v) is 3.87. The predicted molar refractivity (Wildman–Crippen MR) is 47.6 cm³/mol. The normalized spacial score (nSPS) is 9.58. The van der Waals surface area contributed by atoms with E-state index in [1.807, 2.05) is 31.1 Å². The Morgan fingerprint density at radius 1 is 1.42 bits per heavy atom. The minimum absolute atomic E-state index is 0.500. The summed E-state index contributed by atoms with van der Waals surface area (Å²) in [6.45, 7) is 0. The van der Waals surface area contributed by atoms with Gasteiger partial charge < -0.3 is 4.90 Å². The molecular formula is C8H10ClN2O+. The van der Waals surface area contributed by atoms with Crippen molar-refractivity contribution < 1.29 is 9.36 Å². The molecule has 0 spiro atoms. The molecular weight excluding hydrogens is 176 g/mol. The van der Waals surface area contributed by atoms with E-state index in [0.717, 1.165) is 5.69 Å². The first-order valence-electron chi connectivity index (χ1n) is 3.50. The van der Waals surface area contributed by atoms with Crippen LogP contribution in [0.2, 0.25) is 0 Å². The molecule has 12 heavy (non-hydrogen) atoms. The molecule has 0 amide bonds. The van der Waals surface area contributed by atoms with Crippen LogP contribution in [-0.2, 0) is 0 Å². The molecule has 64 valence electrons. The topological polar surface area (TPSA) is 24.2 Å². The SMILES string of the molecule is CN(C)c1cc[n+](C(=O)Cl)cc1. The average Bonchev–Trinajstić information content (AvgIpc) is 2.04. The molecule has 0 unspecified atom stereocenters. The van der Waals surface area contributed by atoms with E-state index in [4.69, 9.17) is 11.6 Å². The Hall–Kier alpha value is -1.09. The molecule has 1 rings (SSSR count). The Balaban J connectivity index is 2.93. The van der Waals surface area contributed by atoms with Crippen molar-refractivity contribution in [1.29, 1.82) is 0 Å². The number of anilines is 1. The van der Waals surface area contributed by atoms with E-state index >= 15 is 0 Å². The van der Waals surface area contributed by atoms with Crippen molar-refractivity contribution in [3.8, 4) is 0 Å². The van der Waals surface area contributed by atoms with Gasteiger partial charge in [-0.2, -0.15) is 0 Å². The Morgan fingerprint density at radius 3 is 2.25 bits per heavy atom. The van der Waals surface area contributed by atoms with Gasteiger partial charge in [0.2, 0.25) is 0 Å². The lowest BCUT2D eigenvalue weighted by Gasteiger charge is -2.09. The van der Waals surface area contributed by atoms with E-state index in [2.05, 4.69) is 0 Å². The highest BCUT2D eigenvalue weighted by Gasteiger charge is 2.08. The number of aromatic nitrogens is 1. The highest BCUT2D eigenvalue weighted by molar-refractivity contribution is 6.60. The quantitative estimate of drug-likeness (QED) is 0.486. The van der Waals surface area contributed by atoms with Gasteiger partial charge in [-0.15, -0.1) is 4.57 Å². The fourth-order valence-corrected chi connectivity index (χ4v) is 0.947. The molecule has 0 saturated carbocycles. The summed E-state index contributed by atoms with van der Waals surface area (Å²) in [5, 5.41) is -0.500. The second-order valence-electron chi connectivity index (χ2n) is 2.61. The molecule has 4 heteroatoms. The summed E-state index contributed by atoms with van der Waals surface area (Å²) in [5.74, 6) is 0. The highest BCUT2D eigenvalue weighted by atomic mass is 35.5. The Kier molecular flexibility index (Phi) is 2.65. The van der Waals surface area contributed by atoms with Crippen LogP contribution in [0.4, 0.5) is 10.5 Å². The van der Waals surface area contributed by atoms with Crippen molar-refractivity contribution in [1.82, 2.24) is 0 Å². The van der Waals surface area contributed by atoms with E-state index in [9.17, 15) is 4.79 Å². The molecule has 0 saturated heterocycles. The van der Waals surface area contributed by atoms with Gasteiger partial charge in [-0.25, -0.2) is 4.79 Å². The van der Waals surface area contributed by atoms with Gasteiger partial charge >= 0.3 is 5.37 Å². The first kappa shape index (κ1) is 9.00. The number of rotatable bonds is 1. The zero-order valence-corrected chi connectivity index (χ0v) is 7.75. The second kappa shape index (κ2) is 3.54. The molecule has 0 bridgehead atoms. The zero-order valence-electron chi connectivity index (χ0n) is 6.99. The van der Waals surface area contributed by atoms with E-state index < -0.39 is 5.37 Å². The number of pyridine rings is 1. The number of nitrogens with zero attached hydrogens (tertiary/aromatic N) is 2. The van der Waals surface area contributed by atoms with Crippen LogP contribution in [0.15, 0.2) is 24.5 Å². The van der Waals surface area contributed by atoms with Crippen molar-refractivity contribution in [3.05, 3.63) is 24.5 Å². The smallest absolute Gasteiger partial charge is 0.377 e. The highest BCUT2D eigenvalue weighted by Crippen LogP contribution is 2.05. The lowest BCUT2D eigenvalue weighted by Crippen LogP contribution is -2.37. The number of hydrogen-bond acceptors (Lipinski definition) is 2. The standard InChI is InChI=1S/C8H10ClN2O/c1-10(2)7-3-5-11(6-4-7)8(9)12/h3-6H,1-2H3/q+1. The third-order valence-electron chi connectivity index (χ3n) is 1.53. The molecule has 1 aromatic heterocycles. The van der Waals surface area contributed by atoms with Crippen LogP contribution >= 0.6 is 11.6 Å². The van der Waals surface area contributed by atoms with Crippen LogP contribution in [0.5, 0.6) is 0 Å². The fraction of sp³-hybridized carbons (Fsp3) is 0.250. The summed E-state index contributed by atoms with van der Waals surface area (Å²) in [6.07, 6.45) is 3.26. The maximum atomic E-state index is 10.6. The summed E-state index contributed by atoms with van der Waals surface area (Å²) in [4.78, 5) is 12.6. The fourth-order valence-electron chi connectivity index (χ4n) is 0.834. The third kappa shape index (κ3) is 1.95. The molecule has 0 aromatic carbocycles. The van der Waals surface area contributed by atoms with Crippen molar-refractivity contribution in [2.24, 2.45) is 0 Å². The Morgan fingerprint density at radius 2 is 1.92 bits per heavy atom. The molecule has 0 fully saturated rings. The van der Waals surface area contributed by atoms with Gasteiger partial charge in [-0.05, 0) is 0 Å². The van der Waals surface area contributed by atoms with Gasteiger partial charge in [0.05, 0.1) is 0 Å². The third-order valence-corrected chi connectivity index (χ3v) is 1.73. The molecule has 0 aliphatic heterocycles. The molecule has 1 aromatic rings.